The Morgan fingerprint density at radius 3 is 2.48 bits per heavy atom. The van der Waals surface area contributed by atoms with Gasteiger partial charge in [-0.15, -0.1) is 0 Å². The summed E-state index contributed by atoms with van der Waals surface area (Å²) in [7, 11) is 4.66. The van der Waals surface area contributed by atoms with Crippen molar-refractivity contribution < 1.29 is 19.3 Å². The summed E-state index contributed by atoms with van der Waals surface area (Å²) in [6, 6.07) is 1.80. The van der Waals surface area contributed by atoms with Gasteiger partial charge in [0.05, 0.1) is 26.7 Å². The molecule has 0 unspecified atom stereocenters. The summed E-state index contributed by atoms with van der Waals surface area (Å²) in [5, 5.41) is 12.8. The van der Waals surface area contributed by atoms with E-state index in [4.69, 9.17) is 19.3 Å². The predicted octanol–water partition coefficient (Wildman–Crippen LogP) is 1.45. The van der Waals surface area contributed by atoms with Gasteiger partial charge in [0.15, 0.2) is 11.5 Å². The fraction of sp³-hybridized carbons (Fsp3) is 0.429. The smallest absolute Gasteiger partial charge is 0.205 e. The number of rotatable bonds is 7. The third kappa shape index (κ3) is 2.92. The van der Waals surface area contributed by atoms with E-state index in [0.29, 0.717) is 41.5 Å². The summed E-state index contributed by atoms with van der Waals surface area (Å²) in [5.41, 5.74) is 0.636. The van der Waals surface area contributed by atoms with Gasteiger partial charge in [0.1, 0.15) is 17.7 Å². The summed E-state index contributed by atoms with van der Waals surface area (Å²) >= 11 is 0. The lowest BCUT2D eigenvalue weighted by atomic mass is 10.2. The molecule has 0 aliphatic carbocycles. The number of hydrogen-bond donors (Lipinski definition) is 2. The van der Waals surface area contributed by atoms with Gasteiger partial charge >= 0.3 is 0 Å². The molecule has 0 saturated carbocycles. The van der Waals surface area contributed by atoms with Crippen molar-refractivity contribution in [3.8, 4) is 17.2 Å². The number of aliphatic hydroxyl groups excluding tert-OH is 1. The van der Waals surface area contributed by atoms with Crippen LogP contribution in [0.1, 0.15) is 6.42 Å². The molecular weight excluding hydrogens is 274 g/mol. The number of hydrogen-bond acceptors (Lipinski definition) is 7. The summed E-state index contributed by atoms with van der Waals surface area (Å²) in [5.74, 6) is 2.20. The van der Waals surface area contributed by atoms with Gasteiger partial charge in [-0.1, -0.05) is 0 Å². The van der Waals surface area contributed by atoms with E-state index in [0.717, 1.165) is 5.39 Å². The first-order valence-electron chi connectivity index (χ1n) is 6.55. The molecule has 2 rings (SSSR count). The first-order valence-corrected chi connectivity index (χ1v) is 6.55. The number of benzene rings is 1. The van der Waals surface area contributed by atoms with E-state index in [1.807, 2.05) is 0 Å². The quantitative estimate of drug-likeness (QED) is 0.747. The van der Waals surface area contributed by atoms with E-state index in [1.54, 1.807) is 27.4 Å². The molecule has 0 atom stereocenters. The van der Waals surface area contributed by atoms with Crippen LogP contribution in [0.3, 0.4) is 0 Å². The van der Waals surface area contributed by atoms with Crippen molar-refractivity contribution in [2.45, 2.75) is 6.42 Å². The molecule has 2 aromatic rings. The highest BCUT2D eigenvalue weighted by Crippen LogP contribution is 2.43. The van der Waals surface area contributed by atoms with Gasteiger partial charge in [-0.2, -0.15) is 0 Å². The Balaban J connectivity index is 2.58. The molecule has 0 aliphatic rings. The summed E-state index contributed by atoms with van der Waals surface area (Å²) in [6.07, 6.45) is 2.09. The maximum absolute atomic E-state index is 8.86. The molecular formula is C14H19N3O4. The molecule has 21 heavy (non-hydrogen) atoms. The second kappa shape index (κ2) is 6.94. The van der Waals surface area contributed by atoms with Crippen LogP contribution >= 0.6 is 0 Å². The number of methoxy groups -OCH3 is 3. The molecule has 1 heterocycles. The molecule has 7 heteroatoms. The largest absolute Gasteiger partial charge is 0.493 e. The molecule has 0 spiro atoms. The zero-order chi connectivity index (χ0) is 15.2. The topological polar surface area (TPSA) is 85.7 Å². The summed E-state index contributed by atoms with van der Waals surface area (Å²) in [4.78, 5) is 8.49. The van der Waals surface area contributed by atoms with Crippen LogP contribution in [0.4, 0.5) is 5.82 Å². The van der Waals surface area contributed by atoms with Gasteiger partial charge in [0, 0.05) is 13.2 Å². The van der Waals surface area contributed by atoms with Crippen molar-refractivity contribution in [1.29, 1.82) is 0 Å². The number of ether oxygens (including phenoxy) is 3. The Hall–Kier alpha value is -2.28. The van der Waals surface area contributed by atoms with E-state index in [1.165, 1.54) is 6.33 Å². The lowest BCUT2D eigenvalue weighted by Crippen LogP contribution is -2.06. The number of aliphatic hydroxyl groups is 1. The van der Waals surface area contributed by atoms with E-state index >= 15 is 0 Å². The molecule has 0 aliphatic heterocycles. The van der Waals surface area contributed by atoms with E-state index in [9.17, 15) is 0 Å². The minimum atomic E-state index is 0.122. The van der Waals surface area contributed by atoms with Crippen LogP contribution in [0.2, 0.25) is 0 Å². The minimum Gasteiger partial charge on any atom is -0.493 e. The zero-order valence-corrected chi connectivity index (χ0v) is 12.3. The molecule has 0 bridgehead atoms. The Labute approximate surface area is 122 Å². The van der Waals surface area contributed by atoms with Crippen molar-refractivity contribution in [2.75, 3.05) is 39.8 Å². The lowest BCUT2D eigenvalue weighted by Gasteiger charge is -2.15. The average Bonchev–Trinajstić information content (AvgIpc) is 2.53. The normalized spacial score (nSPS) is 10.5. The monoisotopic (exact) mass is 293 g/mol. The third-order valence-corrected chi connectivity index (χ3v) is 3.06. The first kappa shape index (κ1) is 15.1. The molecule has 0 fully saturated rings. The number of aromatic nitrogens is 2. The van der Waals surface area contributed by atoms with E-state index in [-0.39, 0.29) is 6.61 Å². The van der Waals surface area contributed by atoms with Crippen molar-refractivity contribution in [3.05, 3.63) is 12.4 Å². The highest BCUT2D eigenvalue weighted by molar-refractivity contribution is 5.96. The highest BCUT2D eigenvalue weighted by Gasteiger charge is 2.19. The van der Waals surface area contributed by atoms with Gasteiger partial charge in [-0.3, -0.25) is 0 Å². The second-order valence-electron chi connectivity index (χ2n) is 4.27. The van der Waals surface area contributed by atoms with Crippen LogP contribution < -0.4 is 19.5 Å². The van der Waals surface area contributed by atoms with Crippen LogP contribution in [-0.4, -0.2) is 49.6 Å². The fourth-order valence-electron chi connectivity index (χ4n) is 2.09. The Morgan fingerprint density at radius 2 is 1.86 bits per heavy atom. The van der Waals surface area contributed by atoms with Crippen LogP contribution in [0, 0.1) is 0 Å². The van der Waals surface area contributed by atoms with Gasteiger partial charge in [-0.05, 0) is 12.5 Å². The maximum Gasteiger partial charge on any atom is 0.205 e. The van der Waals surface area contributed by atoms with Crippen LogP contribution in [0.25, 0.3) is 10.9 Å². The molecule has 7 nitrogen and oxygen atoms in total. The highest BCUT2D eigenvalue weighted by atomic mass is 16.5. The third-order valence-electron chi connectivity index (χ3n) is 3.06. The van der Waals surface area contributed by atoms with Crippen molar-refractivity contribution in [1.82, 2.24) is 9.97 Å². The molecule has 0 amide bonds. The molecule has 0 saturated heterocycles. The molecule has 0 radical (unpaired) electrons. The van der Waals surface area contributed by atoms with E-state index < -0.39 is 0 Å². The fourth-order valence-corrected chi connectivity index (χ4v) is 2.09. The molecule has 114 valence electrons. The summed E-state index contributed by atoms with van der Waals surface area (Å²) < 4.78 is 16.1. The van der Waals surface area contributed by atoms with Crippen molar-refractivity contribution in [3.63, 3.8) is 0 Å². The molecule has 1 aromatic heterocycles. The zero-order valence-electron chi connectivity index (χ0n) is 12.3. The molecule has 2 N–H and O–H groups in total. The standard InChI is InChI=1S/C14H19N3O4/c1-19-10-7-9-11(13(21-3)12(10)20-2)16-8-17-14(9)15-5-4-6-18/h7-8,18H,4-6H2,1-3H3,(H,15,16,17). The maximum atomic E-state index is 8.86. The Morgan fingerprint density at radius 1 is 1.10 bits per heavy atom. The van der Waals surface area contributed by atoms with E-state index in [2.05, 4.69) is 15.3 Å². The van der Waals surface area contributed by atoms with Gasteiger partial charge < -0.3 is 24.6 Å². The van der Waals surface area contributed by atoms with Gasteiger partial charge in [0.2, 0.25) is 5.75 Å². The molecule has 1 aromatic carbocycles. The van der Waals surface area contributed by atoms with Crippen LogP contribution in [-0.2, 0) is 0 Å². The van der Waals surface area contributed by atoms with Crippen molar-refractivity contribution in [2.24, 2.45) is 0 Å². The minimum absolute atomic E-state index is 0.122. The Kier molecular flexibility index (Phi) is 4.99. The number of nitrogens with one attached hydrogen (secondary N) is 1. The number of anilines is 1. The SMILES string of the molecule is COc1cc2c(NCCCO)ncnc2c(OC)c1OC. The number of nitrogens with zero attached hydrogens (tertiary/aromatic N) is 2. The first-order chi connectivity index (χ1) is 10.3. The summed E-state index contributed by atoms with van der Waals surface area (Å²) in [6.45, 7) is 0.732. The van der Waals surface area contributed by atoms with Gasteiger partial charge in [-0.25, -0.2) is 9.97 Å². The predicted molar refractivity (Wildman–Crippen MR) is 79.4 cm³/mol. The van der Waals surface area contributed by atoms with Crippen LogP contribution in [0.15, 0.2) is 12.4 Å². The lowest BCUT2D eigenvalue weighted by molar-refractivity contribution is 0.292. The van der Waals surface area contributed by atoms with Crippen LogP contribution in [0.5, 0.6) is 17.2 Å². The second-order valence-corrected chi connectivity index (χ2v) is 4.27. The van der Waals surface area contributed by atoms with Gasteiger partial charge in [0.25, 0.3) is 0 Å². The average molecular weight is 293 g/mol. The van der Waals surface area contributed by atoms with Crippen molar-refractivity contribution >= 4 is 16.7 Å². The number of fused-ring (bicyclic) bond motifs is 1. The Bertz CT molecular complexity index is 619.